The molecule has 132 valence electrons. The molecule has 0 bridgehead atoms. The lowest BCUT2D eigenvalue weighted by atomic mass is 9.72. The lowest BCUT2D eigenvalue weighted by Crippen LogP contribution is -2.22. The number of allylic oxidation sites excluding steroid dienone is 2. The van der Waals surface area contributed by atoms with E-state index in [1.54, 1.807) is 5.57 Å². The minimum Gasteiger partial charge on any atom is -0.0882 e. The molecule has 0 heterocycles. The van der Waals surface area contributed by atoms with Crippen molar-refractivity contribution in [3.05, 3.63) is 11.6 Å². The van der Waals surface area contributed by atoms with E-state index >= 15 is 0 Å². The van der Waals surface area contributed by atoms with Crippen LogP contribution < -0.4 is 0 Å². The van der Waals surface area contributed by atoms with Gasteiger partial charge in [-0.1, -0.05) is 85.3 Å². The predicted molar refractivity (Wildman–Crippen MR) is 103 cm³/mol. The highest BCUT2D eigenvalue weighted by atomic mass is 14.3. The summed E-state index contributed by atoms with van der Waals surface area (Å²) in [7, 11) is 0. The molecule has 22 heavy (non-hydrogen) atoms. The van der Waals surface area contributed by atoms with Crippen LogP contribution in [0.3, 0.4) is 0 Å². The number of hydrogen-bond donors (Lipinski definition) is 0. The van der Waals surface area contributed by atoms with Crippen molar-refractivity contribution in [3.63, 3.8) is 0 Å². The van der Waals surface area contributed by atoms with E-state index in [-0.39, 0.29) is 0 Å². The van der Waals surface area contributed by atoms with Crippen molar-refractivity contribution in [1.29, 1.82) is 0 Å². The molecule has 0 spiro atoms. The van der Waals surface area contributed by atoms with Crippen LogP contribution in [-0.4, -0.2) is 0 Å². The zero-order chi connectivity index (χ0) is 17.0. The Bertz CT molecular complexity index is 284. The molecule has 0 aliphatic carbocycles. The molecule has 0 nitrogen and oxygen atoms in total. The second-order valence-electron chi connectivity index (χ2n) is 8.17. The van der Waals surface area contributed by atoms with E-state index in [0.29, 0.717) is 5.41 Å². The molecule has 0 rings (SSSR count). The average molecular weight is 309 g/mol. The zero-order valence-electron chi connectivity index (χ0n) is 16.8. The fraction of sp³-hybridized carbons (Fsp3) is 0.909. The standard InChI is InChI=1S/C22H44/c1-8-12-14-15-20(11-4)21(16-13-9-2)19(5)18-22(6,7)17-10-3/h11,19,21H,8-10,12-18H2,1-7H3. The van der Waals surface area contributed by atoms with Crippen LogP contribution in [0.2, 0.25) is 0 Å². The van der Waals surface area contributed by atoms with Gasteiger partial charge in [0, 0.05) is 0 Å². The van der Waals surface area contributed by atoms with Crippen molar-refractivity contribution >= 4 is 0 Å². The fourth-order valence-electron chi connectivity index (χ4n) is 4.18. The molecule has 2 atom stereocenters. The Labute approximate surface area is 142 Å². The van der Waals surface area contributed by atoms with E-state index in [1.165, 1.54) is 64.2 Å². The van der Waals surface area contributed by atoms with Gasteiger partial charge in [-0.25, -0.2) is 0 Å². The van der Waals surface area contributed by atoms with Crippen molar-refractivity contribution in [2.45, 2.75) is 113 Å². The Morgan fingerprint density at radius 3 is 2.09 bits per heavy atom. The molecule has 0 saturated carbocycles. The second kappa shape index (κ2) is 12.2. The zero-order valence-corrected chi connectivity index (χ0v) is 16.8. The fourth-order valence-corrected chi connectivity index (χ4v) is 4.18. The Hall–Kier alpha value is -0.260. The molecule has 0 saturated heterocycles. The number of unbranched alkanes of at least 4 members (excludes halogenated alkanes) is 3. The van der Waals surface area contributed by atoms with Gasteiger partial charge in [0.1, 0.15) is 0 Å². The first kappa shape index (κ1) is 21.7. The summed E-state index contributed by atoms with van der Waals surface area (Å²) in [6, 6.07) is 0. The third kappa shape index (κ3) is 9.01. The summed E-state index contributed by atoms with van der Waals surface area (Å²) in [5.41, 5.74) is 2.25. The first-order valence-corrected chi connectivity index (χ1v) is 10.1. The summed E-state index contributed by atoms with van der Waals surface area (Å²) in [5.74, 6) is 1.64. The first-order chi connectivity index (χ1) is 10.4. The van der Waals surface area contributed by atoms with Crippen LogP contribution in [0.25, 0.3) is 0 Å². The highest BCUT2D eigenvalue weighted by Crippen LogP contribution is 2.38. The first-order valence-electron chi connectivity index (χ1n) is 10.1. The van der Waals surface area contributed by atoms with Crippen LogP contribution in [0.4, 0.5) is 0 Å². The van der Waals surface area contributed by atoms with Crippen LogP contribution in [0, 0.1) is 17.3 Å². The third-order valence-corrected chi connectivity index (χ3v) is 5.27. The Kier molecular flexibility index (Phi) is 12.1. The van der Waals surface area contributed by atoms with E-state index in [4.69, 9.17) is 0 Å². The molecule has 0 aliphatic heterocycles. The van der Waals surface area contributed by atoms with E-state index in [9.17, 15) is 0 Å². The van der Waals surface area contributed by atoms with Crippen molar-refractivity contribution in [2.75, 3.05) is 0 Å². The summed E-state index contributed by atoms with van der Waals surface area (Å²) in [6.45, 7) is 16.7. The molecular formula is C22H44. The van der Waals surface area contributed by atoms with Gasteiger partial charge >= 0.3 is 0 Å². The molecule has 0 heteroatoms. The summed E-state index contributed by atoms with van der Waals surface area (Å²) in [6.07, 6.45) is 16.0. The van der Waals surface area contributed by atoms with Gasteiger partial charge in [0.25, 0.3) is 0 Å². The number of hydrogen-bond acceptors (Lipinski definition) is 0. The van der Waals surface area contributed by atoms with E-state index in [0.717, 1.165) is 11.8 Å². The van der Waals surface area contributed by atoms with Crippen molar-refractivity contribution in [2.24, 2.45) is 17.3 Å². The Morgan fingerprint density at radius 2 is 1.59 bits per heavy atom. The average Bonchev–Trinajstić information content (AvgIpc) is 2.45. The van der Waals surface area contributed by atoms with Gasteiger partial charge in [0.15, 0.2) is 0 Å². The summed E-state index contributed by atoms with van der Waals surface area (Å²) >= 11 is 0. The Morgan fingerprint density at radius 1 is 0.955 bits per heavy atom. The van der Waals surface area contributed by atoms with E-state index in [2.05, 4.69) is 54.5 Å². The lowest BCUT2D eigenvalue weighted by Gasteiger charge is -2.34. The van der Waals surface area contributed by atoms with Crippen molar-refractivity contribution in [1.82, 2.24) is 0 Å². The van der Waals surface area contributed by atoms with E-state index < -0.39 is 0 Å². The molecule has 0 aromatic heterocycles. The molecule has 0 amide bonds. The van der Waals surface area contributed by atoms with Crippen LogP contribution in [-0.2, 0) is 0 Å². The molecule has 0 aromatic rings. The number of rotatable bonds is 13. The van der Waals surface area contributed by atoms with Gasteiger partial charge < -0.3 is 0 Å². The molecule has 0 radical (unpaired) electrons. The van der Waals surface area contributed by atoms with Gasteiger partial charge in [0.05, 0.1) is 0 Å². The predicted octanol–water partition coefficient (Wildman–Crippen LogP) is 8.17. The van der Waals surface area contributed by atoms with Gasteiger partial charge in [-0.05, 0) is 56.3 Å². The SMILES string of the molecule is CC=C(CCCCC)C(CCCC)C(C)CC(C)(C)CCC. The van der Waals surface area contributed by atoms with Crippen LogP contribution in [0.1, 0.15) is 113 Å². The van der Waals surface area contributed by atoms with Crippen molar-refractivity contribution in [3.8, 4) is 0 Å². The molecule has 0 fully saturated rings. The van der Waals surface area contributed by atoms with Gasteiger partial charge in [-0.15, -0.1) is 0 Å². The van der Waals surface area contributed by atoms with Crippen LogP contribution >= 0.6 is 0 Å². The third-order valence-electron chi connectivity index (χ3n) is 5.27. The maximum Gasteiger partial charge on any atom is -0.0177 e. The van der Waals surface area contributed by atoms with Gasteiger partial charge in [-0.2, -0.15) is 0 Å². The molecular weight excluding hydrogens is 264 g/mol. The van der Waals surface area contributed by atoms with Gasteiger partial charge in [-0.3, -0.25) is 0 Å². The largest absolute Gasteiger partial charge is 0.0882 e. The normalized spacial score (nSPS) is 15.9. The molecule has 0 aliphatic rings. The smallest absolute Gasteiger partial charge is 0.0177 e. The molecule has 2 unspecified atom stereocenters. The Balaban J connectivity index is 4.84. The monoisotopic (exact) mass is 308 g/mol. The van der Waals surface area contributed by atoms with Crippen LogP contribution in [0.5, 0.6) is 0 Å². The minimum absolute atomic E-state index is 0.501. The highest BCUT2D eigenvalue weighted by molar-refractivity contribution is 5.07. The minimum atomic E-state index is 0.501. The quantitative estimate of drug-likeness (QED) is 0.238. The van der Waals surface area contributed by atoms with E-state index in [1.807, 2.05) is 0 Å². The molecule has 0 N–H and O–H groups in total. The van der Waals surface area contributed by atoms with Gasteiger partial charge in [0.2, 0.25) is 0 Å². The summed E-state index contributed by atoms with van der Waals surface area (Å²) in [4.78, 5) is 0. The maximum atomic E-state index is 2.51. The topological polar surface area (TPSA) is 0 Å². The van der Waals surface area contributed by atoms with Crippen LogP contribution in [0.15, 0.2) is 11.6 Å². The lowest BCUT2D eigenvalue weighted by molar-refractivity contribution is 0.211. The highest BCUT2D eigenvalue weighted by Gasteiger charge is 2.27. The summed E-state index contributed by atoms with van der Waals surface area (Å²) in [5, 5.41) is 0. The second-order valence-corrected chi connectivity index (χ2v) is 8.17. The molecule has 0 aromatic carbocycles. The summed E-state index contributed by atoms with van der Waals surface area (Å²) < 4.78 is 0. The van der Waals surface area contributed by atoms with Crippen molar-refractivity contribution < 1.29 is 0 Å². The maximum absolute atomic E-state index is 2.51.